The molecule has 1 unspecified atom stereocenters. The van der Waals surface area contributed by atoms with Crippen LogP contribution in [0.3, 0.4) is 0 Å². The Morgan fingerprint density at radius 3 is 2.35 bits per heavy atom. The number of carboxylic acid groups (broad SMARTS) is 1. The third kappa shape index (κ3) is 4.72. The number of amides is 1. The number of carbonyl (C=O) groups is 2. The summed E-state index contributed by atoms with van der Waals surface area (Å²) in [6.45, 7) is 5.23. The number of hydrogen-bond donors (Lipinski definition) is 2. The molecule has 0 saturated carbocycles. The summed E-state index contributed by atoms with van der Waals surface area (Å²) in [5.41, 5.74) is 0. The Morgan fingerprint density at radius 2 is 1.85 bits per heavy atom. The van der Waals surface area contributed by atoms with Crippen molar-refractivity contribution in [3.63, 3.8) is 0 Å². The number of halogens is 1. The number of rotatable bonds is 6. The first kappa shape index (κ1) is 16.9. The van der Waals surface area contributed by atoms with Crippen molar-refractivity contribution in [2.45, 2.75) is 37.0 Å². The quantitative estimate of drug-likeness (QED) is 0.792. The Balaban J connectivity index is 2.68. The lowest BCUT2D eigenvalue weighted by Gasteiger charge is -2.20. The van der Waals surface area contributed by atoms with Crippen LogP contribution in [0.2, 0.25) is 5.02 Å². The van der Waals surface area contributed by atoms with Crippen LogP contribution in [0.25, 0.3) is 0 Å². The van der Waals surface area contributed by atoms with Crippen molar-refractivity contribution in [2.24, 2.45) is 5.92 Å². The zero-order chi connectivity index (χ0) is 15.3. The van der Waals surface area contributed by atoms with E-state index in [1.807, 2.05) is 18.2 Å². The first-order valence-electron chi connectivity index (χ1n) is 6.27. The number of carboxylic acids is 1. The van der Waals surface area contributed by atoms with Crippen molar-refractivity contribution < 1.29 is 14.7 Å². The van der Waals surface area contributed by atoms with Crippen LogP contribution in [0.15, 0.2) is 29.2 Å². The summed E-state index contributed by atoms with van der Waals surface area (Å²) < 4.78 is 0. The third-order valence-electron chi connectivity index (χ3n) is 2.74. The van der Waals surface area contributed by atoms with Gasteiger partial charge < -0.3 is 10.4 Å². The molecule has 2 atom stereocenters. The highest BCUT2D eigenvalue weighted by Crippen LogP contribution is 2.30. The van der Waals surface area contributed by atoms with E-state index in [9.17, 15) is 9.59 Å². The molecule has 0 spiro atoms. The number of thioether (sulfide) groups is 1. The first-order chi connectivity index (χ1) is 9.32. The molecular formula is C14H18ClNO3S. The van der Waals surface area contributed by atoms with E-state index in [0.29, 0.717) is 5.02 Å². The zero-order valence-corrected chi connectivity index (χ0v) is 13.2. The monoisotopic (exact) mass is 315 g/mol. The van der Waals surface area contributed by atoms with E-state index < -0.39 is 17.3 Å². The summed E-state index contributed by atoms with van der Waals surface area (Å²) >= 11 is 7.34. The summed E-state index contributed by atoms with van der Waals surface area (Å²) in [4.78, 5) is 23.9. The molecule has 1 aromatic carbocycles. The van der Waals surface area contributed by atoms with Crippen molar-refractivity contribution in [3.8, 4) is 0 Å². The minimum Gasteiger partial charge on any atom is -0.480 e. The minimum atomic E-state index is -1.02. The average Bonchev–Trinajstić information content (AvgIpc) is 2.37. The summed E-state index contributed by atoms with van der Waals surface area (Å²) in [6, 6.07) is 6.36. The third-order valence-corrected chi connectivity index (χ3v) is 4.36. The van der Waals surface area contributed by atoms with Crippen molar-refractivity contribution >= 4 is 35.2 Å². The van der Waals surface area contributed by atoms with E-state index in [2.05, 4.69) is 5.32 Å². The van der Waals surface area contributed by atoms with Gasteiger partial charge in [-0.3, -0.25) is 4.79 Å². The minimum absolute atomic E-state index is 0.172. The van der Waals surface area contributed by atoms with Gasteiger partial charge >= 0.3 is 5.97 Å². The molecule has 1 aromatic rings. The van der Waals surface area contributed by atoms with Gasteiger partial charge in [0.1, 0.15) is 6.04 Å². The predicted molar refractivity (Wildman–Crippen MR) is 81.2 cm³/mol. The molecule has 6 heteroatoms. The molecule has 0 aromatic heterocycles. The molecule has 1 rings (SSSR count). The van der Waals surface area contributed by atoms with Gasteiger partial charge in [-0.05, 0) is 25.0 Å². The van der Waals surface area contributed by atoms with Crippen molar-refractivity contribution in [3.05, 3.63) is 29.3 Å². The maximum Gasteiger partial charge on any atom is 0.326 e. The van der Waals surface area contributed by atoms with Gasteiger partial charge in [0.2, 0.25) is 5.91 Å². The molecule has 0 fully saturated rings. The number of hydrogen-bond acceptors (Lipinski definition) is 3. The summed E-state index contributed by atoms with van der Waals surface area (Å²) in [5.74, 6) is -1.51. The molecule has 20 heavy (non-hydrogen) atoms. The SMILES string of the molecule is CC(Sc1ccccc1Cl)C(=O)N[C@H](C(=O)O)C(C)C. The largest absolute Gasteiger partial charge is 0.480 e. The van der Waals surface area contributed by atoms with Crippen LogP contribution < -0.4 is 5.32 Å². The van der Waals surface area contributed by atoms with Gasteiger partial charge in [0.05, 0.1) is 10.3 Å². The van der Waals surface area contributed by atoms with Gasteiger partial charge in [0.25, 0.3) is 0 Å². The Hall–Kier alpha value is -1.20. The zero-order valence-electron chi connectivity index (χ0n) is 11.6. The fourth-order valence-corrected chi connectivity index (χ4v) is 2.73. The molecule has 0 aliphatic rings. The molecule has 0 aliphatic heterocycles. The number of benzene rings is 1. The van der Waals surface area contributed by atoms with Gasteiger partial charge in [-0.15, -0.1) is 11.8 Å². The van der Waals surface area contributed by atoms with Gasteiger partial charge in [0, 0.05) is 4.90 Å². The van der Waals surface area contributed by atoms with Crippen molar-refractivity contribution in [2.75, 3.05) is 0 Å². The summed E-state index contributed by atoms with van der Waals surface area (Å²) in [7, 11) is 0. The average molecular weight is 316 g/mol. The fourth-order valence-electron chi connectivity index (χ4n) is 1.57. The standard InChI is InChI=1S/C14H18ClNO3S/c1-8(2)12(14(18)19)16-13(17)9(3)20-11-7-5-4-6-10(11)15/h4-9,12H,1-3H3,(H,16,17)(H,18,19)/t9?,12-/m0/s1. The lowest BCUT2D eigenvalue weighted by atomic mass is 10.0. The molecule has 0 saturated heterocycles. The molecule has 2 N–H and O–H groups in total. The summed E-state index contributed by atoms with van der Waals surface area (Å²) in [5, 5.41) is 11.8. The van der Waals surface area contributed by atoms with Crippen molar-refractivity contribution in [1.82, 2.24) is 5.32 Å². The van der Waals surface area contributed by atoms with Gasteiger partial charge in [-0.25, -0.2) is 4.79 Å². The highest BCUT2D eigenvalue weighted by Gasteiger charge is 2.26. The topological polar surface area (TPSA) is 66.4 Å². The van der Waals surface area contributed by atoms with Crippen LogP contribution in [0.4, 0.5) is 0 Å². The Morgan fingerprint density at radius 1 is 1.25 bits per heavy atom. The molecule has 4 nitrogen and oxygen atoms in total. The Labute approximate surface area is 127 Å². The molecule has 0 heterocycles. The molecule has 110 valence electrons. The Bertz CT molecular complexity index is 493. The van der Waals surface area contributed by atoms with Crippen LogP contribution in [-0.4, -0.2) is 28.3 Å². The smallest absolute Gasteiger partial charge is 0.326 e. The van der Waals surface area contributed by atoms with Gasteiger partial charge in [-0.2, -0.15) is 0 Å². The maximum absolute atomic E-state index is 12.0. The number of carbonyl (C=O) groups excluding carboxylic acids is 1. The highest BCUT2D eigenvalue weighted by atomic mass is 35.5. The number of nitrogens with one attached hydrogen (secondary N) is 1. The second-order valence-electron chi connectivity index (χ2n) is 4.76. The lowest BCUT2D eigenvalue weighted by Crippen LogP contribution is -2.46. The Kier molecular flexibility index (Phi) is 6.36. The molecular weight excluding hydrogens is 298 g/mol. The molecule has 0 bridgehead atoms. The summed E-state index contributed by atoms with van der Waals surface area (Å²) in [6.07, 6.45) is 0. The second kappa shape index (κ2) is 7.55. The highest BCUT2D eigenvalue weighted by molar-refractivity contribution is 8.00. The maximum atomic E-state index is 12.0. The van der Waals surface area contributed by atoms with E-state index in [4.69, 9.17) is 16.7 Å². The normalized spacial score (nSPS) is 13.8. The number of aliphatic carboxylic acids is 1. The van der Waals surface area contributed by atoms with Crippen LogP contribution >= 0.6 is 23.4 Å². The molecule has 0 aliphatic carbocycles. The molecule has 0 radical (unpaired) electrons. The predicted octanol–water partition coefficient (Wildman–Crippen LogP) is 3.05. The van der Waals surface area contributed by atoms with E-state index in [-0.39, 0.29) is 11.8 Å². The fraction of sp³-hybridized carbons (Fsp3) is 0.429. The van der Waals surface area contributed by atoms with E-state index in [1.165, 1.54) is 11.8 Å². The van der Waals surface area contributed by atoms with Crippen LogP contribution in [0.5, 0.6) is 0 Å². The molecule has 1 amide bonds. The van der Waals surface area contributed by atoms with E-state index >= 15 is 0 Å². The first-order valence-corrected chi connectivity index (χ1v) is 7.53. The van der Waals surface area contributed by atoms with Crippen LogP contribution in [-0.2, 0) is 9.59 Å². The van der Waals surface area contributed by atoms with Crippen LogP contribution in [0, 0.1) is 5.92 Å². The van der Waals surface area contributed by atoms with Crippen LogP contribution in [0.1, 0.15) is 20.8 Å². The van der Waals surface area contributed by atoms with Gasteiger partial charge in [0.15, 0.2) is 0 Å². The van der Waals surface area contributed by atoms with E-state index in [0.717, 1.165) is 4.90 Å². The van der Waals surface area contributed by atoms with Crippen molar-refractivity contribution in [1.29, 1.82) is 0 Å². The van der Waals surface area contributed by atoms with E-state index in [1.54, 1.807) is 26.8 Å². The van der Waals surface area contributed by atoms with Gasteiger partial charge in [-0.1, -0.05) is 37.6 Å². The second-order valence-corrected chi connectivity index (χ2v) is 6.55. The lowest BCUT2D eigenvalue weighted by molar-refractivity contribution is -0.143.